The van der Waals surface area contributed by atoms with Gasteiger partial charge in [0.05, 0.1) is 18.5 Å². The molecule has 1 heterocycles. The minimum Gasteiger partial charge on any atom is -0.480 e. The first-order chi connectivity index (χ1) is 18.5. The minimum absolute atomic E-state index is 0.0279. The Morgan fingerprint density at radius 2 is 1.60 bits per heavy atom. The number of aliphatic carboxylic acids is 4. The maximum atomic E-state index is 13.2. The molecule has 0 radical (unpaired) electrons. The molecule has 0 spiro atoms. The Morgan fingerprint density at radius 3 is 2.15 bits per heavy atom. The van der Waals surface area contributed by atoms with Gasteiger partial charge in [-0.3, -0.25) is 24.1 Å². The van der Waals surface area contributed by atoms with Crippen molar-refractivity contribution in [3.05, 3.63) is 18.2 Å². The van der Waals surface area contributed by atoms with E-state index < -0.39 is 60.0 Å². The van der Waals surface area contributed by atoms with Gasteiger partial charge in [0, 0.05) is 24.5 Å². The number of rotatable bonds is 18. The molecule has 0 saturated heterocycles. The third-order valence-corrected chi connectivity index (χ3v) is 6.86. The molecule has 1 aromatic heterocycles. The second-order valence-corrected chi connectivity index (χ2v) is 10.2. The highest BCUT2D eigenvalue weighted by molar-refractivity contribution is 5.85. The summed E-state index contributed by atoms with van der Waals surface area (Å²) >= 11 is 0. The monoisotopic (exact) mass is 570 g/mol. The Labute approximate surface area is 230 Å². The van der Waals surface area contributed by atoms with Crippen LogP contribution in [-0.4, -0.2) is 102 Å². The lowest BCUT2D eigenvalue weighted by molar-refractivity contribution is -0.147. The van der Waals surface area contributed by atoms with Gasteiger partial charge in [-0.1, -0.05) is 0 Å². The second-order valence-electron chi connectivity index (χ2n) is 10.2. The van der Waals surface area contributed by atoms with Crippen LogP contribution in [0.4, 0.5) is 4.79 Å². The lowest BCUT2D eigenvalue weighted by Crippen LogP contribution is -2.60. The van der Waals surface area contributed by atoms with Crippen molar-refractivity contribution >= 4 is 35.8 Å². The molecule has 0 aliphatic carbocycles. The molecule has 0 saturated carbocycles. The predicted octanol–water partition coefficient (Wildman–Crippen LogP) is -0.217. The molecule has 7 N–H and O–H groups in total. The first-order valence-corrected chi connectivity index (χ1v) is 12.4. The zero-order chi connectivity index (χ0) is 30.7. The minimum atomic E-state index is -1.29. The first kappa shape index (κ1) is 33.8. The number of carbonyl (C=O) groups excluding carboxylic acids is 2. The van der Waals surface area contributed by atoms with Crippen molar-refractivity contribution in [3.63, 3.8) is 0 Å². The molecular formula is C24H38N6O10. The van der Waals surface area contributed by atoms with Crippen LogP contribution in [0, 0.1) is 5.41 Å². The van der Waals surface area contributed by atoms with Gasteiger partial charge in [0.2, 0.25) is 5.91 Å². The smallest absolute Gasteiger partial charge is 0.326 e. The molecule has 224 valence electrons. The molecule has 1 aromatic rings. The zero-order valence-electron chi connectivity index (χ0n) is 23.0. The van der Waals surface area contributed by atoms with Gasteiger partial charge in [-0.2, -0.15) is 0 Å². The maximum Gasteiger partial charge on any atom is 0.326 e. The quantitative estimate of drug-likeness (QED) is 0.113. The number of urea groups is 1. The molecule has 3 amide bonds. The van der Waals surface area contributed by atoms with Crippen LogP contribution in [0.1, 0.15) is 52.8 Å². The summed E-state index contributed by atoms with van der Waals surface area (Å²) in [5.74, 6) is -4.86. The van der Waals surface area contributed by atoms with E-state index in [0.717, 1.165) is 0 Å². The van der Waals surface area contributed by atoms with Crippen molar-refractivity contribution in [2.45, 2.75) is 71.6 Å². The van der Waals surface area contributed by atoms with Crippen molar-refractivity contribution in [3.8, 4) is 0 Å². The number of carboxylic acid groups (broad SMARTS) is 4. The summed E-state index contributed by atoms with van der Waals surface area (Å²) in [5, 5.41) is 43.5. The summed E-state index contributed by atoms with van der Waals surface area (Å²) in [6, 6.07) is -2.18. The van der Waals surface area contributed by atoms with Crippen LogP contribution in [0.2, 0.25) is 0 Å². The van der Waals surface area contributed by atoms with E-state index >= 15 is 0 Å². The lowest BCUT2D eigenvalue weighted by atomic mass is 9.72. The van der Waals surface area contributed by atoms with Crippen LogP contribution in [-0.2, 0) is 37.1 Å². The number of nitrogens with one attached hydrogen (secondary N) is 3. The van der Waals surface area contributed by atoms with E-state index in [1.165, 1.54) is 21.9 Å². The van der Waals surface area contributed by atoms with Gasteiger partial charge in [0.25, 0.3) is 0 Å². The summed E-state index contributed by atoms with van der Waals surface area (Å²) in [5.41, 5.74) is -2.18. The number of carbonyl (C=O) groups is 6. The third-order valence-electron chi connectivity index (χ3n) is 6.86. The number of unbranched alkanes of at least 4 members (excludes halogenated alkanes) is 1. The SMILES string of the molecule is CC(C)(C(=O)NCCCCC(NC(=O)NCC(=O)O)C(=O)O)C(C)(C)N(CC(=O)O)Cc1nccn1CC(=O)O. The molecule has 16 nitrogen and oxygen atoms in total. The lowest BCUT2D eigenvalue weighted by Gasteiger charge is -2.47. The normalized spacial score (nSPS) is 12.4. The van der Waals surface area contributed by atoms with E-state index in [-0.39, 0.29) is 32.0 Å². The standard InChI is InChI=1S/C24H38N6O10/c1-23(2,21(39)26-8-6-5-7-15(20(37)38)28-22(40)27-11-17(31)32)24(3,4)30(14-19(35)36)12-16-25-9-10-29(16)13-18(33)34/h9-10,15H,5-8,11-14H2,1-4H3,(H,26,39)(H,31,32)(H,33,34)(H,35,36)(H,37,38)(H2,27,28,40). The molecule has 16 heteroatoms. The molecule has 0 aliphatic rings. The number of carboxylic acids is 4. The van der Waals surface area contributed by atoms with Crippen molar-refractivity contribution < 1.29 is 49.2 Å². The summed E-state index contributed by atoms with van der Waals surface area (Å²) < 4.78 is 1.38. The zero-order valence-corrected chi connectivity index (χ0v) is 23.0. The van der Waals surface area contributed by atoms with Crippen molar-refractivity contribution in [1.29, 1.82) is 0 Å². The molecule has 0 fully saturated rings. The molecule has 40 heavy (non-hydrogen) atoms. The Balaban J connectivity index is 2.79. The molecule has 0 aliphatic heterocycles. The Morgan fingerprint density at radius 1 is 0.950 bits per heavy atom. The van der Waals surface area contributed by atoms with E-state index in [4.69, 9.17) is 10.2 Å². The highest BCUT2D eigenvalue weighted by Crippen LogP contribution is 2.37. The number of aromatic nitrogens is 2. The summed E-state index contributed by atoms with van der Waals surface area (Å²) in [7, 11) is 0. The fraction of sp³-hybridized carbons (Fsp3) is 0.625. The number of hydrogen-bond acceptors (Lipinski definition) is 8. The molecular weight excluding hydrogens is 532 g/mol. The van der Waals surface area contributed by atoms with Gasteiger partial charge < -0.3 is 40.9 Å². The van der Waals surface area contributed by atoms with E-state index in [1.807, 2.05) is 5.32 Å². The highest BCUT2D eigenvalue weighted by atomic mass is 16.4. The molecule has 1 unspecified atom stereocenters. The summed E-state index contributed by atoms with van der Waals surface area (Å²) in [6.45, 7) is 5.42. The van der Waals surface area contributed by atoms with Crippen molar-refractivity contribution in [2.24, 2.45) is 5.41 Å². The van der Waals surface area contributed by atoms with Gasteiger partial charge in [-0.15, -0.1) is 0 Å². The van der Waals surface area contributed by atoms with Crippen molar-refractivity contribution in [1.82, 2.24) is 30.4 Å². The van der Waals surface area contributed by atoms with Gasteiger partial charge in [0.1, 0.15) is 25.0 Å². The molecule has 0 bridgehead atoms. The largest absolute Gasteiger partial charge is 0.480 e. The Bertz CT molecular complexity index is 1080. The van der Waals surface area contributed by atoms with Gasteiger partial charge in [0.15, 0.2) is 0 Å². The van der Waals surface area contributed by atoms with Gasteiger partial charge in [-0.25, -0.2) is 14.6 Å². The van der Waals surface area contributed by atoms with Gasteiger partial charge >= 0.3 is 29.9 Å². The third kappa shape index (κ3) is 10.2. The number of nitrogens with zero attached hydrogens (tertiary/aromatic N) is 3. The fourth-order valence-corrected chi connectivity index (χ4v) is 3.76. The summed E-state index contributed by atoms with van der Waals surface area (Å²) in [4.78, 5) is 75.3. The average molecular weight is 571 g/mol. The number of hydrogen-bond donors (Lipinski definition) is 7. The maximum absolute atomic E-state index is 13.2. The van der Waals surface area contributed by atoms with E-state index in [0.29, 0.717) is 18.7 Å². The Kier molecular flexibility index (Phi) is 12.5. The van der Waals surface area contributed by atoms with Crippen LogP contribution in [0.3, 0.4) is 0 Å². The van der Waals surface area contributed by atoms with Crippen LogP contribution < -0.4 is 16.0 Å². The second kappa shape index (κ2) is 14.8. The number of imidazole rings is 1. The van der Waals surface area contributed by atoms with Crippen LogP contribution in [0.15, 0.2) is 12.4 Å². The van der Waals surface area contributed by atoms with E-state index in [2.05, 4.69) is 15.6 Å². The first-order valence-electron chi connectivity index (χ1n) is 12.4. The Hall–Kier alpha value is -4.21. The van der Waals surface area contributed by atoms with Crippen LogP contribution in [0.5, 0.6) is 0 Å². The van der Waals surface area contributed by atoms with Gasteiger partial charge in [-0.05, 0) is 47.0 Å². The fourth-order valence-electron chi connectivity index (χ4n) is 3.76. The molecule has 0 aromatic carbocycles. The van der Waals surface area contributed by atoms with Crippen molar-refractivity contribution in [2.75, 3.05) is 19.6 Å². The van der Waals surface area contributed by atoms with Crippen LogP contribution >= 0.6 is 0 Å². The van der Waals surface area contributed by atoms with E-state index in [1.54, 1.807) is 27.7 Å². The van der Waals surface area contributed by atoms with Crippen LogP contribution in [0.25, 0.3) is 0 Å². The topological polar surface area (TPSA) is 240 Å². The number of amides is 3. The predicted molar refractivity (Wildman–Crippen MR) is 138 cm³/mol. The summed E-state index contributed by atoms with van der Waals surface area (Å²) in [6.07, 6.45) is 3.61. The average Bonchev–Trinajstić information content (AvgIpc) is 3.26. The van der Waals surface area contributed by atoms with E-state index in [9.17, 15) is 39.0 Å². The molecule has 1 atom stereocenters. The molecule has 1 rings (SSSR count). The highest BCUT2D eigenvalue weighted by Gasteiger charge is 2.47.